The zero-order chi connectivity index (χ0) is 21.7. The van der Waals surface area contributed by atoms with Crippen LogP contribution in [-0.4, -0.2) is 28.3 Å². The van der Waals surface area contributed by atoms with E-state index in [1.807, 2.05) is 91.0 Å². The van der Waals surface area contributed by atoms with E-state index in [1.54, 1.807) is 0 Å². The molecule has 0 spiro atoms. The summed E-state index contributed by atoms with van der Waals surface area (Å²) in [6.07, 6.45) is 0.129. The van der Waals surface area contributed by atoms with Gasteiger partial charge in [0, 0.05) is 13.0 Å². The largest absolute Gasteiger partial charge is 0.331 e. The summed E-state index contributed by atoms with van der Waals surface area (Å²) >= 11 is 0. The Bertz CT molecular complexity index is 1070. The van der Waals surface area contributed by atoms with Gasteiger partial charge in [0.15, 0.2) is 5.54 Å². The third-order valence-electron chi connectivity index (χ3n) is 5.40. The van der Waals surface area contributed by atoms with Crippen LogP contribution in [0.1, 0.15) is 16.7 Å². The van der Waals surface area contributed by atoms with E-state index in [0.29, 0.717) is 6.54 Å². The van der Waals surface area contributed by atoms with E-state index in [4.69, 9.17) is 0 Å². The van der Waals surface area contributed by atoms with Gasteiger partial charge < -0.3 is 0 Å². The van der Waals surface area contributed by atoms with Crippen molar-refractivity contribution >= 4 is 17.8 Å². The molecule has 156 valence electrons. The molecule has 31 heavy (non-hydrogen) atoms. The van der Waals surface area contributed by atoms with Crippen molar-refractivity contribution in [2.45, 2.75) is 25.0 Å². The van der Waals surface area contributed by atoms with Crippen LogP contribution in [0.25, 0.3) is 0 Å². The molecule has 0 aliphatic carbocycles. The van der Waals surface area contributed by atoms with Crippen molar-refractivity contribution in [2.75, 3.05) is 0 Å². The summed E-state index contributed by atoms with van der Waals surface area (Å²) in [5.74, 6) is -1.18. The third kappa shape index (κ3) is 4.39. The number of imide groups is 2. The van der Waals surface area contributed by atoms with Gasteiger partial charge in [-0.25, -0.2) is 4.79 Å². The van der Waals surface area contributed by atoms with Gasteiger partial charge in [0.1, 0.15) is 0 Å². The summed E-state index contributed by atoms with van der Waals surface area (Å²) < 4.78 is 0. The van der Waals surface area contributed by atoms with E-state index in [-0.39, 0.29) is 13.0 Å². The number of hydrogen-bond acceptors (Lipinski definition) is 4. The molecule has 0 radical (unpaired) electrons. The monoisotopic (exact) mass is 413 g/mol. The van der Waals surface area contributed by atoms with E-state index in [1.165, 1.54) is 0 Å². The molecule has 1 aliphatic heterocycles. The summed E-state index contributed by atoms with van der Waals surface area (Å²) in [6, 6.07) is 27.4. The van der Waals surface area contributed by atoms with E-state index < -0.39 is 23.4 Å². The molecule has 6 nitrogen and oxygen atoms in total. The summed E-state index contributed by atoms with van der Waals surface area (Å²) in [5.41, 5.74) is 0.958. The van der Waals surface area contributed by atoms with Crippen molar-refractivity contribution in [3.8, 4) is 0 Å². The van der Waals surface area contributed by atoms with Crippen LogP contribution < -0.4 is 10.6 Å². The fourth-order valence-electron chi connectivity index (χ4n) is 3.73. The van der Waals surface area contributed by atoms with Gasteiger partial charge in [0.25, 0.3) is 11.8 Å². The van der Waals surface area contributed by atoms with Crippen LogP contribution in [0.15, 0.2) is 91.0 Å². The highest BCUT2D eigenvalue weighted by atomic mass is 16.2. The lowest BCUT2D eigenvalue weighted by Gasteiger charge is -2.40. The lowest BCUT2D eigenvalue weighted by atomic mass is 9.86. The second-order valence-corrected chi connectivity index (χ2v) is 7.54. The van der Waals surface area contributed by atoms with Gasteiger partial charge in [-0.1, -0.05) is 91.0 Å². The number of nitrogens with one attached hydrogen (secondary N) is 2. The lowest BCUT2D eigenvalue weighted by molar-refractivity contribution is -0.147. The highest BCUT2D eigenvalue weighted by Crippen LogP contribution is 2.24. The van der Waals surface area contributed by atoms with Crippen LogP contribution in [0.4, 0.5) is 4.79 Å². The predicted molar refractivity (Wildman–Crippen MR) is 117 cm³/mol. The average molecular weight is 413 g/mol. The molecule has 1 heterocycles. The molecular formula is C25H23N3O3. The van der Waals surface area contributed by atoms with Crippen molar-refractivity contribution < 1.29 is 14.4 Å². The van der Waals surface area contributed by atoms with Gasteiger partial charge in [-0.2, -0.15) is 0 Å². The molecular weight excluding hydrogens is 390 g/mol. The normalized spacial score (nSPS) is 18.7. The molecule has 0 bridgehead atoms. The third-order valence-corrected chi connectivity index (χ3v) is 5.40. The molecule has 3 aromatic carbocycles. The Balaban J connectivity index is 1.68. The van der Waals surface area contributed by atoms with Gasteiger partial charge in [0.2, 0.25) is 0 Å². The van der Waals surface area contributed by atoms with Crippen LogP contribution in [-0.2, 0) is 29.1 Å². The van der Waals surface area contributed by atoms with Crippen LogP contribution in [0.3, 0.4) is 0 Å². The van der Waals surface area contributed by atoms with Crippen molar-refractivity contribution in [3.05, 3.63) is 108 Å². The highest BCUT2D eigenvalue weighted by molar-refractivity contribution is 6.22. The first-order chi connectivity index (χ1) is 15.1. The fourth-order valence-corrected chi connectivity index (χ4v) is 3.73. The fraction of sp³-hybridized carbons (Fsp3) is 0.160. The number of nitrogens with zero attached hydrogens (tertiary/aromatic N) is 1. The van der Waals surface area contributed by atoms with Crippen LogP contribution in [0, 0.1) is 0 Å². The van der Waals surface area contributed by atoms with Crippen molar-refractivity contribution in [1.29, 1.82) is 0 Å². The van der Waals surface area contributed by atoms with Gasteiger partial charge in [-0.3, -0.25) is 25.1 Å². The summed E-state index contributed by atoms with van der Waals surface area (Å²) in [7, 11) is 0. The zero-order valence-corrected chi connectivity index (χ0v) is 17.0. The Kier molecular flexibility index (Phi) is 5.91. The maximum Gasteiger partial charge on any atom is 0.331 e. The summed E-state index contributed by atoms with van der Waals surface area (Å²) in [4.78, 5) is 40.5. The molecule has 6 heteroatoms. The second kappa shape index (κ2) is 8.93. The maximum absolute atomic E-state index is 13.7. The number of amides is 4. The SMILES string of the molecule is O=C1NC(=O)C(Cc2ccccc2)(NCc2ccccc2)C(=O)N1Cc1ccccc1. The molecule has 4 amide bonds. The molecule has 1 fully saturated rings. The van der Waals surface area contributed by atoms with Crippen molar-refractivity contribution in [1.82, 2.24) is 15.5 Å². The number of carbonyl (C=O) groups is 3. The molecule has 1 aliphatic rings. The molecule has 1 unspecified atom stereocenters. The first-order valence-electron chi connectivity index (χ1n) is 10.1. The zero-order valence-electron chi connectivity index (χ0n) is 17.0. The van der Waals surface area contributed by atoms with E-state index >= 15 is 0 Å². The van der Waals surface area contributed by atoms with E-state index in [0.717, 1.165) is 21.6 Å². The molecule has 1 atom stereocenters. The maximum atomic E-state index is 13.7. The van der Waals surface area contributed by atoms with Crippen LogP contribution in [0.5, 0.6) is 0 Å². The molecule has 0 aromatic heterocycles. The van der Waals surface area contributed by atoms with Crippen molar-refractivity contribution in [2.24, 2.45) is 0 Å². The number of hydrogen-bond donors (Lipinski definition) is 2. The summed E-state index contributed by atoms with van der Waals surface area (Å²) in [5, 5.41) is 5.57. The van der Waals surface area contributed by atoms with Gasteiger partial charge in [-0.15, -0.1) is 0 Å². The summed E-state index contributed by atoms with van der Waals surface area (Å²) in [6.45, 7) is 0.391. The molecule has 2 N–H and O–H groups in total. The minimum Gasteiger partial charge on any atom is -0.291 e. The number of urea groups is 1. The smallest absolute Gasteiger partial charge is 0.291 e. The second-order valence-electron chi connectivity index (χ2n) is 7.54. The highest BCUT2D eigenvalue weighted by Gasteiger charge is 2.53. The molecule has 3 aromatic rings. The standard InChI is InChI=1S/C25H23N3O3/c29-22-25(16-19-10-4-1-5-11-19,26-17-20-12-6-2-7-13-20)23(30)28(24(31)27-22)18-21-14-8-3-9-15-21/h1-15,26H,16-18H2,(H,27,29,31). The average Bonchev–Trinajstić information content (AvgIpc) is 2.81. The molecule has 1 saturated heterocycles. The quantitative estimate of drug-likeness (QED) is 0.584. The minimum atomic E-state index is -1.60. The number of barbiturate groups is 1. The van der Waals surface area contributed by atoms with Gasteiger partial charge in [-0.05, 0) is 16.7 Å². The van der Waals surface area contributed by atoms with E-state index in [2.05, 4.69) is 10.6 Å². The predicted octanol–water partition coefficient (Wildman–Crippen LogP) is 3.04. The number of benzene rings is 3. The Morgan fingerprint density at radius 3 is 1.81 bits per heavy atom. The van der Waals surface area contributed by atoms with Gasteiger partial charge in [0.05, 0.1) is 6.54 Å². The molecule has 4 rings (SSSR count). The Hall–Kier alpha value is -3.77. The Labute approximate surface area is 180 Å². The number of rotatable bonds is 7. The molecule has 0 saturated carbocycles. The van der Waals surface area contributed by atoms with Crippen LogP contribution in [0.2, 0.25) is 0 Å². The first kappa shape index (κ1) is 20.5. The van der Waals surface area contributed by atoms with Gasteiger partial charge >= 0.3 is 6.03 Å². The Morgan fingerprint density at radius 1 is 0.710 bits per heavy atom. The number of carbonyl (C=O) groups excluding carboxylic acids is 3. The minimum absolute atomic E-state index is 0.0857. The Morgan fingerprint density at radius 2 is 1.23 bits per heavy atom. The van der Waals surface area contributed by atoms with Crippen molar-refractivity contribution in [3.63, 3.8) is 0 Å². The topological polar surface area (TPSA) is 78.5 Å². The lowest BCUT2D eigenvalue weighted by Crippen LogP contribution is -2.73. The first-order valence-corrected chi connectivity index (χ1v) is 10.1. The van der Waals surface area contributed by atoms with Crippen LogP contribution >= 0.6 is 0 Å². The van der Waals surface area contributed by atoms with E-state index in [9.17, 15) is 14.4 Å².